The minimum absolute atomic E-state index is 0.213. The normalized spacial score (nSPS) is 11.1. The second-order valence-corrected chi connectivity index (χ2v) is 10.3. The quantitative estimate of drug-likeness (QED) is 0.0847. The molecule has 0 bridgehead atoms. The Bertz CT molecular complexity index is 1810. The number of amides is 1. The molecule has 206 valence electrons. The molecular formula is C31H22Cl3N3O4. The van der Waals surface area contributed by atoms with Gasteiger partial charge in [-0.25, -0.2) is 10.2 Å². The molecule has 5 aromatic rings. The number of methoxy groups -OCH3 is 1. The number of carbonyl (C=O) groups excluding carboxylic acids is 2. The topological polar surface area (TPSA) is 92.8 Å². The lowest BCUT2D eigenvalue weighted by molar-refractivity contribution is 0.0729. The minimum Gasteiger partial charge on any atom is -0.493 e. The molecule has 2 N–H and O–H groups in total. The highest BCUT2D eigenvalue weighted by Gasteiger charge is 2.23. The number of nitrogens with one attached hydrogen (secondary N) is 2. The number of hydrogen-bond acceptors (Lipinski definition) is 5. The first kappa shape index (κ1) is 28.2. The second-order valence-electron chi connectivity index (χ2n) is 9.03. The van der Waals surface area contributed by atoms with E-state index in [1.54, 1.807) is 60.7 Å². The summed E-state index contributed by atoms with van der Waals surface area (Å²) in [6.07, 6.45) is 1.44. The molecule has 10 heteroatoms. The van der Waals surface area contributed by atoms with Crippen molar-refractivity contribution in [1.29, 1.82) is 0 Å². The van der Waals surface area contributed by atoms with Crippen molar-refractivity contribution in [2.24, 2.45) is 5.10 Å². The highest BCUT2D eigenvalue weighted by molar-refractivity contribution is 6.41. The van der Waals surface area contributed by atoms with Crippen LogP contribution in [0.4, 0.5) is 0 Å². The monoisotopic (exact) mass is 605 g/mol. The van der Waals surface area contributed by atoms with Gasteiger partial charge in [0.25, 0.3) is 5.91 Å². The van der Waals surface area contributed by atoms with Crippen LogP contribution in [-0.2, 0) is 0 Å². The number of rotatable bonds is 7. The lowest BCUT2D eigenvalue weighted by atomic mass is 10.0. The second kappa shape index (κ2) is 12.1. The van der Waals surface area contributed by atoms with Gasteiger partial charge in [0.15, 0.2) is 11.5 Å². The number of fused-ring (bicyclic) bond motifs is 1. The molecule has 7 nitrogen and oxygen atoms in total. The van der Waals surface area contributed by atoms with Crippen molar-refractivity contribution in [3.05, 3.63) is 116 Å². The van der Waals surface area contributed by atoms with Gasteiger partial charge in [-0.1, -0.05) is 70.7 Å². The average Bonchev–Trinajstić information content (AvgIpc) is 3.34. The first-order valence-corrected chi connectivity index (χ1v) is 13.4. The molecule has 0 aliphatic rings. The number of benzene rings is 4. The molecule has 0 atom stereocenters. The highest BCUT2D eigenvalue weighted by atomic mass is 35.5. The Morgan fingerprint density at radius 3 is 2.39 bits per heavy atom. The number of hydrogen-bond donors (Lipinski definition) is 2. The summed E-state index contributed by atoms with van der Waals surface area (Å²) >= 11 is 19.2. The van der Waals surface area contributed by atoms with E-state index in [2.05, 4.69) is 15.5 Å². The number of esters is 1. The molecule has 0 aliphatic heterocycles. The minimum atomic E-state index is -0.518. The van der Waals surface area contributed by atoms with Crippen LogP contribution in [0.1, 0.15) is 32.0 Å². The number of aromatic nitrogens is 1. The number of hydrazone groups is 1. The first-order chi connectivity index (χ1) is 19.7. The summed E-state index contributed by atoms with van der Waals surface area (Å²) in [5.41, 5.74) is 6.53. The third-order valence-electron chi connectivity index (χ3n) is 6.24. The zero-order valence-corrected chi connectivity index (χ0v) is 24.1. The van der Waals surface area contributed by atoms with Gasteiger partial charge >= 0.3 is 5.97 Å². The number of aromatic amines is 1. The molecule has 4 aromatic carbocycles. The van der Waals surface area contributed by atoms with Crippen molar-refractivity contribution in [2.75, 3.05) is 7.11 Å². The van der Waals surface area contributed by atoms with Crippen LogP contribution >= 0.6 is 34.8 Å². The van der Waals surface area contributed by atoms with E-state index in [1.165, 1.54) is 13.3 Å². The van der Waals surface area contributed by atoms with Crippen LogP contribution in [0.3, 0.4) is 0 Å². The lowest BCUT2D eigenvalue weighted by Gasteiger charge is -2.10. The van der Waals surface area contributed by atoms with Crippen molar-refractivity contribution >= 4 is 63.8 Å². The molecule has 1 heterocycles. The SMILES string of the molecule is COc1cc(C=NNC(=O)c2[nH]c3cc(Cl)cc(Cl)c3c2-c2ccccc2Cl)ccc1OC(=O)c1ccc(C)cc1. The third kappa shape index (κ3) is 6.07. The molecular weight excluding hydrogens is 585 g/mol. The maximum Gasteiger partial charge on any atom is 0.343 e. The molecule has 0 saturated carbocycles. The summed E-state index contributed by atoms with van der Waals surface area (Å²) in [7, 11) is 1.46. The Morgan fingerprint density at radius 2 is 1.66 bits per heavy atom. The summed E-state index contributed by atoms with van der Waals surface area (Å²) in [6.45, 7) is 1.93. The van der Waals surface area contributed by atoms with Crippen molar-refractivity contribution in [1.82, 2.24) is 10.4 Å². The summed E-state index contributed by atoms with van der Waals surface area (Å²) in [4.78, 5) is 28.9. The number of H-pyrrole nitrogens is 1. The van der Waals surface area contributed by atoms with Gasteiger partial charge in [-0.2, -0.15) is 5.10 Å². The van der Waals surface area contributed by atoms with E-state index in [1.807, 2.05) is 25.1 Å². The van der Waals surface area contributed by atoms with Crippen molar-refractivity contribution in [3.63, 3.8) is 0 Å². The first-order valence-electron chi connectivity index (χ1n) is 12.3. The highest BCUT2D eigenvalue weighted by Crippen LogP contribution is 2.41. The van der Waals surface area contributed by atoms with Crippen molar-refractivity contribution in [2.45, 2.75) is 6.92 Å². The number of halogens is 3. The molecule has 0 unspecified atom stereocenters. The van der Waals surface area contributed by atoms with Gasteiger partial charge in [-0.3, -0.25) is 4.79 Å². The van der Waals surface area contributed by atoms with Gasteiger partial charge in [0, 0.05) is 32.1 Å². The zero-order valence-electron chi connectivity index (χ0n) is 21.8. The zero-order chi connectivity index (χ0) is 29.1. The van der Waals surface area contributed by atoms with Crippen LogP contribution in [0.2, 0.25) is 15.1 Å². The third-order valence-corrected chi connectivity index (χ3v) is 7.09. The van der Waals surface area contributed by atoms with Gasteiger partial charge in [-0.05, 0) is 61.0 Å². The maximum absolute atomic E-state index is 13.3. The van der Waals surface area contributed by atoms with Crippen LogP contribution in [0, 0.1) is 6.92 Å². The summed E-state index contributed by atoms with van der Waals surface area (Å²) in [6, 6.07) is 22.4. The van der Waals surface area contributed by atoms with E-state index in [9.17, 15) is 9.59 Å². The predicted molar refractivity (Wildman–Crippen MR) is 163 cm³/mol. The standard InChI is InChI=1S/C31H22Cl3N3O4/c1-17-7-10-19(11-8-17)31(39)41-25-12-9-18(13-26(25)40-2)16-35-37-30(38)29-27(21-5-3-4-6-22(21)33)28-23(34)14-20(32)15-24(28)36-29/h3-16,36H,1-2H3,(H,37,38). The van der Waals surface area contributed by atoms with Crippen molar-refractivity contribution in [3.8, 4) is 22.6 Å². The lowest BCUT2D eigenvalue weighted by Crippen LogP contribution is -2.19. The Labute approximate surface area is 250 Å². The average molecular weight is 607 g/mol. The molecule has 1 amide bonds. The molecule has 5 rings (SSSR count). The Morgan fingerprint density at radius 1 is 0.902 bits per heavy atom. The largest absolute Gasteiger partial charge is 0.493 e. The fourth-order valence-electron chi connectivity index (χ4n) is 4.27. The van der Waals surface area contributed by atoms with Crippen molar-refractivity contribution < 1.29 is 19.1 Å². The number of ether oxygens (including phenoxy) is 2. The number of nitrogens with zero attached hydrogens (tertiary/aromatic N) is 1. The summed E-state index contributed by atoms with van der Waals surface area (Å²) in [5.74, 6) is -0.456. The Balaban J connectivity index is 1.38. The van der Waals surface area contributed by atoms with E-state index in [0.29, 0.717) is 54.0 Å². The van der Waals surface area contributed by atoms with E-state index < -0.39 is 11.9 Å². The van der Waals surface area contributed by atoms with E-state index >= 15 is 0 Å². The molecule has 0 aliphatic carbocycles. The van der Waals surface area contributed by atoms with Gasteiger partial charge < -0.3 is 14.5 Å². The maximum atomic E-state index is 13.3. The van der Waals surface area contributed by atoms with E-state index in [0.717, 1.165) is 5.56 Å². The molecule has 1 aromatic heterocycles. The van der Waals surface area contributed by atoms with Crippen LogP contribution < -0.4 is 14.9 Å². The molecule has 0 spiro atoms. The van der Waals surface area contributed by atoms with Gasteiger partial charge in [-0.15, -0.1) is 0 Å². The summed E-state index contributed by atoms with van der Waals surface area (Å²) < 4.78 is 10.9. The Hall–Kier alpha value is -4.30. The fourth-order valence-corrected chi connectivity index (χ4v) is 5.09. The van der Waals surface area contributed by atoms with Gasteiger partial charge in [0.05, 0.1) is 23.9 Å². The van der Waals surface area contributed by atoms with Crippen LogP contribution in [-0.4, -0.2) is 30.2 Å². The molecule has 0 saturated heterocycles. The van der Waals surface area contributed by atoms with Crippen LogP contribution in [0.5, 0.6) is 11.5 Å². The van der Waals surface area contributed by atoms with E-state index in [4.69, 9.17) is 44.3 Å². The van der Waals surface area contributed by atoms with E-state index in [-0.39, 0.29) is 11.4 Å². The summed E-state index contributed by atoms with van der Waals surface area (Å²) in [5, 5.41) is 5.96. The van der Waals surface area contributed by atoms with Gasteiger partial charge in [0.2, 0.25) is 0 Å². The smallest absolute Gasteiger partial charge is 0.343 e. The number of aryl methyl sites for hydroxylation is 1. The fraction of sp³-hybridized carbons (Fsp3) is 0.0645. The van der Waals surface area contributed by atoms with Crippen LogP contribution in [0.15, 0.2) is 84.0 Å². The molecule has 0 fully saturated rings. The molecule has 41 heavy (non-hydrogen) atoms. The van der Waals surface area contributed by atoms with Gasteiger partial charge in [0.1, 0.15) is 5.69 Å². The number of carbonyl (C=O) groups is 2. The Kier molecular flexibility index (Phi) is 8.31. The predicted octanol–water partition coefficient (Wildman–Crippen LogP) is 8.10. The van der Waals surface area contributed by atoms with Crippen LogP contribution in [0.25, 0.3) is 22.0 Å². The molecule has 0 radical (unpaired) electrons.